The third-order valence-corrected chi connectivity index (χ3v) is 3.72. The summed E-state index contributed by atoms with van der Waals surface area (Å²) >= 11 is 0. The Balaban J connectivity index is 2.08. The minimum atomic E-state index is -0.0498. The predicted octanol–water partition coefficient (Wildman–Crippen LogP) is 0.471. The van der Waals surface area contributed by atoms with Crippen LogP contribution in [0.2, 0.25) is 0 Å². The van der Waals surface area contributed by atoms with Gasteiger partial charge in [-0.15, -0.1) is 0 Å². The maximum absolute atomic E-state index is 11.4. The van der Waals surface area contributed by atoms with Crippen LogP contribution in [0, 0.1) is 23.7 Å². The molecule has 3 heteroatoms. The Morgan fingerprint density at radius 2 is 2.00 bits per heavy atom. The van der Waals surface area contributed by atoms with Crippen molar-refractivity contribution >= 4 is 11.8 Å². The van der Waals surface area contributed by atoms with Crippen LogP contribution in [0.5, 0.6) is 0 Å². The monoisotopic (exact) mass is 177 g/mol. The van der Waals surface area contributed by atoms with Gasteiger partial charge in [0.1, 0.15) is 0 Å². The van der Waals surface area contributed by atoms with E-state index in [0.29, 0.717) is 11.8 Å². The Kier molecular flexibility index (Phi) is 1.14. The van der Waals surface area contributed by atoms with Crippen molar-refractivity contribution in [2.45, 2.75) is 13.3 Å². The number of hydrogen-bond donors (Lipinski definition) is 1. The number of carbonyl (C=O) groups excluding carboxylic acids is 2. The zero-order valence-electron chi connectivity index (χ0n) is 7.41. The van der Waals surface area contributed by atoms with E-state index >= 15 is 0 Å². The normalized spacial score (nSPS) is 46.4. The van der Waals surface area contributed by atoms with Crippen molar-refractivity contribution in [1.82, 2.24) is 5.32 Å². The van der Waals surface area contributed by atoms with Gasteiger partial charge >= 0.3 is 0 Å². The highest BCUT2D eigenvalue weighted by atomic mass is 16.2. The Hall–Kier alpha value is -1.12. The Labute approximate surface area is 76.2 Å². The highest BCUT2D eigenvalue weighted by Crippen LogP contribution is 2.53. The van der Waals surface area contributed by atoms with Gasteiger partial charge in [0.25, 0.3) is 0 Å². The molecule has 1 saturated carbocycles. The zero-order valence-corrected chi connectivity index (χ0v) is 7.41. The van der Waals surface area contributed by atoms with Crippen LogP contribution in [0.15, 0.2) is 11.6 Å². The fourth-order valence-corrected chi connectivity index (χ4v) is 3.20. The summed E-state index contributed by atoms with van der Waals surface area (Å²) in [6.07, 6.45) is 3.18. The van der Waals surface area contributed by atoms with Gasteiger partial charge in [0, 0.05) is 0 Å². The van der Waals surface area contributed by atoms with E-state index in [2.05, 4.69) is 18.3 Å². The predicted molar refractivity (Wildman–Crippen MR) is 45.5 cm³/mol. The maximum Gasteiger partial charge on any atom is 0.231 e. The zero-order chi connectivity index (χ0) is 9.16. The third-order valence-electron chi connectivity index (χ3n) is 3.72. The van der Waals surface area contributed by atoms with Gasteiger partial charge in [-0.2, -0.15) is 0 Å². The standard InChI is InChI=1S/C10H11NO2/c1-4-2-5-3-6(4)8-7(5)9(12)11-10(8)13/h2,5-8H,3H2,1H3,(H,11,12,13)/t5-,6+,7+,8+/m0/s1. The molecule has 3 nitrogen and oxygen atoms in total. The van der Waals surface area contributed by atoms with Gasteiger partial charge in [-0.1, -0.05) is 11.6 Å². The smallest absolute Gasteiger partial charge is 0.231 e. The van der Waals surface area contributed by atoms with Crippen LogP contribution in [0.4, 0.5) is 0 Å². The van der Waals surface area contributed by atoms with E-state index in [4.69, 9.17) is 0 Å². The first kappa shape index (κ1) is 7.30. The molecule has 1 heterocycles. The van der Waals surface area contributed by atoms with Crippen LogP contribution < -0.4 is 5.32 Å². The van der Waals surface area contributed by atoms with Gasteiger partial charge in [-0.05, 0) is 25.2 Å². The van der Waals surface area contributed by atoms with Gasteiger partial charge < -0.3 is 0 Å². The molecule has 3 aliphatic rings. The number of carbonyl (C=O) groups is 2. The molecule has 0 unspecified atom stereocenters. The van der Waals surface area contributed by atoms with E-state index in [-0.39, 0.29) is 23.7 Å². The lowest BCUT2D eigenvalue weighted by Crippen LogP contribution is -2.25. The molecule has 4 atom stereocenters. The molecule has 0 spiro atoms. The van der Waals surface area contributed by atoms with Gasteiger partial charge in [0.2, 0.25) is 11.8 Å². The third kappa shape index (κ3) is 0.705. The van der Waals surface area contributed by atoms with Crippen LogP contribution in [-0.4, -0.2) is 11.8 Å². The SMILES string of the molecule is CC1=C[C@H]2C[C@H]1[C@H]1C(=O)NC(=O)[C@@H]12. The molecule has 1 aliphatic heterocycles. The van der Waals surface area contributed by atoms with Gasteiger partial charge in [-0.25, -0.2) is 0 Å². The van der Waals surface area contributed by atoms with E-state index in [1.807, 2.05) is 0 Å². The maximum atomic E-state index is 11.4. The Bertz CT molecular complexity index is 345. The molecule has 2 amide bonds. The van der Waals surface area contributed by atoms with Crippen molar-refractivity contribution in [2.24, 2.45) is 23.7 Å². The van der Waals surface area contributed by atoms with Crippen LogP contribution in [0.3, 0.4) is 0 Å². The first-order valence-corrected chi connectivity index (χ1v) is 4.71. The number of imide groups is 1. The van der Waals surface area contributed by atoms with E-state index in [1.54, 1.807) is 0 Å². The fourth-order valence-electron chi connectivity index (χ4n) is 3.20. The molecule has 2 fully saturated rings. The van der Waals surface area contributed by atoms with Crippen molar-refractivity contribution < 1.29 is 9.59 Å². The van der Waals surface area contributed by atoms with E-state index in [9.17, 15) is 9.59 Å². The summed E-state index contributed by atoms with van der Waals surface area (Å²) in [6.45, 7) is 2.07. The molecule has 0 aromatic rings. The Morgan fingerprint density at radius 1 is 1.31 bits per heavy atom. The summed E-state index contributed by atoms with van der Waals surface area (Å²) in [5.74, 6) is 0.507. The second-order valence-electron chi connectivity index (χ2n) is 4.32. The van der Waals surface area contributed by atoms with E-state index < -0.39 is 0 Å². The molecule has 1 N–H and O–H groups in total. The number of nitrogens with one attached hydrogen (secondary N) is 1. The second kappa shape index (κ2) is 2.03. The molecule has 0 radical (unpaired) electrons. The van der Waals surface area contributed by atoms with Crippen molar-refractivity contribution in [3.63, 3.8) is 0 Å². The van der Waals surface area contributed by atoms with Crippen molar-refractivity contribution in [2.75, 3.05) is 0 Å². The molecule has 68 valence electrons. The number of fused-ring (bicyclic) bond motifs is 5. The Morgan fingerprint density at radius 3 is 2.77 bits per heavy atom. The summed E-state index contributed by atoms with van der Waals surface area (Å²) in [6, 6.07) is 0. The van der Waals surface area contributed by atoms with Crippen LogP contribution in [-0.2, 0) is 9.59 Å². The number of allylic oxidation sites excluding steroid dienone is 2. The summed E-state index contributed by atoms with van der Waals surface area (Å²) in [5.41, 5.74) is 1.30. The number of amides is 2. The number of hydrogen-bond acceptors (Lipinski definition) is 2. The van der Waals surface area contributed by atoms with Gasteiger partial charge in [-0.3, -0.25) is 14.9 Å². The molecule has 3 rings (SSSR count). The largest absolute Gasteiger partial charge is 0.296 e. The van der Waals surface area contributed by atoms with E-state index in [1.165, 1.54) is 5.57 Å². The molecule has 0 aromatic carbocycles. The minimum Gasteiger partial charge on any atom is -0.296 e. The molecular formula is C10H11NO2. The molecular weight excluding hydrogens is 166 g/mol. The summed E-state index contributed by atoms with van der Waals surface area (Å²) in [7, 11) is 0. The van der Waals surface area contributed by atoms with Crippen LogP contribution in [0.1, 0.15) is 13.3 Å². The lowest BCUT2D eigenvalue weighted by atomic mass is 9.82. The highest BCUT2D eigenvalue weighted by Gasteiger charge is 2.57. The molecule has 2 aliphatic carbocycles. The highest BCUT2D eigenvalue weighted by molar-refractivity contribution is 6.06. The van der Waals surface area contributed by atoms with Crippen molar-refractivity contribution in [1.29, 1.82) is 0 Å². The first-order chi connectivity index (χ1) is 6.18. The van der Waals surface area contributed by atoms with Gasteiger partial charge in [0.05, 0.1) is 11.8 Å². The minimum absolute atomic E-state index is 0.0394. The molecule has 0 aromatic heterocycles. The molecule has 13 heavy (non-hydrogen) atoms. The fraction of sp³-hybridized carbons (Fsp3) is 0.600. The summed E-state index contributed by atoms with van der Waals surface area (Å²) in [4.78, 5) is 22.8. The van der Waals surface area contributed by atoms with Crippen molar-refractivity contribution in [3.05, 3.63) is 11.6 Å². The second-order valence-corrected chi connectivity index (χ2v) is 4.32. The summed E-state index contributed by atoms with van der Waals surface area (Å²) < 4.78 is 0. The summed E-state index contributed by atoms with van der Waals surface area (Å²) in [5, 5.41) is 2.43. The topological polar surface area (TPSA) is 46.2 Å². The average Bonchev–Trinajstić information content (AvgIpc) is 2.64. The lowest BCUT2D eigenvalue weighted by molar-refractivity contribution is -0.126. The van der Waals surface area contributed by atoms with Crippen molar-refractivity contribution in [3.8, 4) is 0 Å². The lowest BCUT2D eigenvalue weighted by Gasteiger charge is -2.18. The van der Waals surface area contributed by atoms with Crippen LogP contribution >= 0.6 is 0 Å². The average molecular weight is 177 g/mol. The first-order valence-electron chi connectivity index (χ1n) is 4.71. The quantitative estimate of drug-likeness (QED) is 0.432. The molecule has 1 saturated heterocycles. The van der Waals surface area contributed by atoms with Gasteiger partial charge in [0.15, 0.2) is 0 Å². The number of rotatable bonds is 0. The van der Waals surface area contributed by atoms with Crippen LogP contribution in [0.25, 0.3) is 0 Å². The van der Waals surface area contributed by atoms with E-state index in [0.717, 1.165) is 6.42 Å². The molecule has 2 bridgehead atoms.